The van der Waals surface area contributed by atoms with E-state index in [4.69, 9.17) is 0 Å². The first-order chi connectivity index (χ1) is 12.0. The Hall–Kier alpha value is -2.18. The normalized spacial score (nSPS) is 17.4. The van der Waals surface area contributed by atoms with Gasteiger partial charge in [0.05, 0.1) is 10.6 Å². The van der Waals surface area contributed by atoms with Gasteiger partial charge < -0.3 is 10.6 Å². The molecule has 3 rings (SSSR count). The highest BCUT2D eigenvalue weighted by atomic mass is 32.2. The minimum atomic E-state index is -3.49. The van der Waals surface area contributed by atoms with Crippen molar-refractivity contribution >= 4 is 15.7 Å². The minimum absolute atomic E-state index is 0.0785. The number of rotatable bonds is 6. The lowest BCUT2D eigenvalue weighted by Crippen LogP contribution is -2.37. The van der Waals surface area contributed by atoms with Crippen molar-refractivity contribution in [2.45, 2.75) is 29.5 Å². The first-order valence-electron chi connectivity index (χ1n) is 8.43. The van der Waals surface area contributed by atoms with Gasteiger partial charge in [0.15, 0.2) is 9.84 Å². The lowest BCUT2D eigenvalue weighted by Gasteiger charge is -2.12. The third-order valence-corrected chi connectivity index (χ3v) is 6.01. The highest BCUT2D eigenvalue weighted by Gasteiger charge is 2.18. The summed E-state index contributed by atoms with van der Waals surface area (Å²) in [5.74, 6) is -0.323. The van der Waals surface area contributed by atoms with Crippen LogP contribution in [0, 0.1) is 0 Å². The molecule has 1 aliphatic rings. The van der Waals surface area contributed by atoms with Crippen molar-refractivity contribution in [2.75, 3.05) is 13.1 Å². The zero-order valence-electron chi connectivity index (χ0n) is 13.9. The van der Waals surface area contributed by atoms with Crippen molar-refractivity contribution in [3.8, 4) is 0 Å². The summed E-state index contributed by atoms with van der Waals surface area (Å²) in [5.41, 5.74) is 1.09. The molecule has 1 amide bonds. The van der Waals surface area contributed by atoms with Crippen LogP contribution in [0.15, 0.2) is 59.5 Å². The minimum Gasteiger partial charge on any atom is -0.350 e. The number of nitrogens with one attached hydrogen (secondary N) is 2. The Kier molecular flexibility index (Phi) is 5.50. The van der Waals surface area contributed by atoms with E-state index in [1.54, 1.807) is 24.3 Å². The van der Waals surface area contributed by atoms with Crippen LogP contribution in [0.3, 0.4) is 0 Å². The summed E-state index contributed by atoms with van der Waals surface area (Å²) in [6.45, 7) is 1.54. The zero-order chi connectivity index (χ0) is 17.7. The smallest absolute Gasteiger partial charge is 0.251 e. The Balaban J connectivity index is 1.70. The van der Waals surface area contributed by atoms with E-state index < -0.39 is 9.84 Å². The molecule has 2 aromatic carbocycles. The summed E-state index contributed by atoms with van der Waals surface area (Å²) < 4.78 is 25.2. The summed E-state index contributed by atoms with van der Waals surface area (Å²) >= 11 is 0. The molecule has 5 nitrogen and oxygen atoms in total. The van der Waals surface area contributed by atoms with E-state index in [1.807, 2.05) is 18.2 Å². The van der Waals surface area contributed by atoms with Gasteiger partial charge in [0.1, 0.15) is 0 Å². The van der Waals surface area contributed by atoms with Crippen LogP contribution in [0.2, 0.25) is 0 Å². The second-order valence-electron chi connectivity index (χ2n) is 6.28. The van der Waals surface area contributed by atoms with Crippen LogP contribution in [0.25, 0.3) is 0 Å². The number of carbonyl (C=O) groups excluding carboxylic acids is 1. The Morgan fingerprint density at radius 1 is 1.12 bits per heavy atom. The number of hydrogen-bond acceptors (Lipinski definition) is 4. The number of benzene rings is 2. The highest BCUT2D eigenvalue weighted by molar-refractivity contribution is 7.90. The number of hydrogen-bond donors (Lipinski definition) is 2. The lowest BCUT2D eigenvalue weighted by molar-refractivity contribution is 0.0950. The Labute approximate surface area is 148 Å². The van der Waals surface area contributed by atoms with Crippen LogP contribution in [0.4, 0.5) is 0 Å². The third kappa shape index (κ3) is 4.67. The predicted octanol–water partition coefficient (Wildman–Crippen LogP) is 2.14. The van der Waals surface area contributed by atoms with Gasteiger partial charge in [0.25, 0.3) is 5.91 Å². The first-order valence-corrected chi connectivity index (χ1v) is 10.1. The molecule has 1 aliphatic heterocycles. The topological polar surface area (TPSA) is 75.3 Å². The maximum Gasteiger partial charge on any atom is 0.251 e. The average molecular weight is 358 g/mol. The van der Waals surface area contributed by atoms with E-state index in [0.29, 0.717) is 18.2 Å². The van der Waals surface area contributed by atoms with Crippen molar-refractivity contribution in [1.82, 2.24) is 10.6 Å². The van der Waals surface area contributed by atoms with Gasteiger partial charge in [0.2, 0.25) is 0 Å². The first kappa shape index (κ1) is 17.6. The molecule has 0 aliphatic carbocycles. The van der Waals surface area contributed by atoms with Gasteiger partial charge >= 0.3 is 0 Å². The molecule has 1 heterocycles. The molecule has 1 saturated heterocycles. The fraction of sp³-hybridized carbons (Fsp3) is 0.316. The summed E-state index contributed by atoms with van der Waals surface area (Å²) in [5, 5.41) is 6.19. The highest BCUT2D eigenvalue weighted by Crippen LogP contribution is 2.18. The second-order valence-corrected chi connectivity index (χ2v) is 8.27. The van der Waals surface area contributed by atoms with E-state index >= 15 is 0 Å². The van der Waals surface area contributed by atoms with E-state index in [-0.39, 0.29) is 16.6 Å². The van der Waals surface area contributed by atoms with Gasteiger partial charge in [-0.25, -0.2) is 8.42 Å². The van der Waals surface area contributed by atoms with Crippen molar-refractivity contribution in [1.29, 1.82) is 0 Å². The number of carbonyl (C=O) groups is 1. The molecule has 0 radical (unpaired) electrons. The molecule has 0 aromatic heterocycles. The van der Waals surface area contributed by atoms with Crippen molar-refractivity contribution in [2.24, 2.45) is 0 Å². The molecule has 25 heavy (non-hydrogen) atoms. The molecule has 1 unspecified atom stereocenters. The largest absolute Gasteiger partial charge is 0.350 e. The monoisotopic (exact) mass is 358 g/mol. The van der Waals surface area contributed by atoms with E-state index in [2.05, 4.69) is 10.6 Å². The lowest BCUT2D eigenvalue weighted by atomic mass is 10.2. The molecule has 1 fully saturated rings. The van der Waals surface area contributed by atoms with Crippen LogP contribution < -0.4 is 10.6 Å². The molecule has 0 bridgehead atoms. The van der Waals surface area contributed by atoms with Gasteiger partial charge in [-0.05, 0) is 43.1 Å². The Bertz CT molecular complexity index is 829. The van der Waals surface area contributed by atoms with Crippen molar-refractivity contribution < 1.29 is 13.2 Å². The SMILES string of the molecule is O=C(NCC1CCCN1)c1cccc(S(=O)(=O)Cc2ccccc2)c1. The molecule has 1 atom stereocenters. The van der Waals surface area contributed by atoms with Crippen molar-refractivity contribution in [3.05, 3.63) is 65.7 Å². The molecule has 0 spiro atoms. The fourth-order valence-corrected chi connectivity index (χ4v) is 4.35. The maximum atomic E-state index is 12.6. The van der Waals surface area contributed by atoms with Gasteiger partial charge in [-0.15, -0.1) is 0 Å². The third-order valence-electron chi connectivity index (χ3n) is 4.33. The molecule has 0 saturated carbocycles. The van der Waals surface area contributed by atoms with Crippen LogP contribution >= 0.6 is 0 Å². The van der Waals surface area contributed by atoms with Gasteiger partial charge in [-0.3, -0.25) is 4.79 Å². The molecule has 2 aromatic rings. The summed E-state index contributed by atoms with van der Waals surface area (Å²) in [6, 6.07) is 15.6. The van der Waals surface area contributed by atoms with E-state index in [9.17, 15) is 13.2 Å². The number of amides is 1. The second kappa shape index (κ2) is 7.80. The quantitative estimate of drug-likeness (QED) is 0.830. The van der Waals surface area contributed by atoms with Crippen LogP contribution in [0.1, 0.15) is 28.8 Å². The van der Waals surface area contributed by atoms with E-state index in [1.165, 1.54) is 12.1 Å². The summed E-state index contributed by atoms with van der Waals surface area (Å²) in [4.78, 5) is 12.5. The maximum absolute atomic E-state index is 12.6. The zero-order valence-corrected chi connectivity index (χ0v) is 14.8. The van der Waals surface area contributed by atoms with Crippen LogP contribution in [0.5, 0.6) is 0 Å². The Morgan fingerprint density at radius 2 is 1.92 bits per heavy atom. The average Bonchev–Trinajstić information content (AvgIpc) is 3.14. The van der Waals surface area contributed by atoms with Crippen molar-refractivity contribution in [3.63, 3.8) is 0 Å². The summed E-state index contributed by atoms with van der Waals surface area (Å²) in [7, 11) is -3.49. The van der Waals surface area contributed by atoms with Gasteiger partial charge in [-0.1, -0.05) is 36.4 Å². The molecule has 2 N–H and O–H groups in total. The van der Waals surface area contributed by atoms with Crippen LogP contribution in [-0.2, 0) is 15.6 Å². The van der Waals surface area contributed by atoms with Crippen LogP contribution in [-0.4, -0.2) is 33.5 Å². The van der Waals surface area contributed by atoms with Gasteiger partial charge in [-0.2, -0.15) is 0 Å². The molecular formula is C19H22N2O3S. The molecule has 6 heteroatoms. The van der Waals surface area contributed by atoms with E-state index in [0.717, 1.165) is 24.9 Å². The van der Waals surface area contributed by atoms with Gasteiger partial charge in [0, 0.05) is 18.2 Å². The molecular weight excluding hydrogens is 336 g/mol. The molecule has 132 valence electrons. The number of sulfone groups is 1. The Morgan fingerprint density at radius 3 is 2.64 bits per heavy atom. The fourth-order valence-electron chi connectivity index (χ4n) is 2.96. The standard InChI is InChI=1S/C19H22N2O3S/c22-19(21-13-17-9-5-11-20-17)16-8-4-10-18(12-16)25(23,24)14-15-6-2-1-3-7-15/h1-4,6-8,10,12,17,20H,5,9,11,13-14H2,(H,21,22). The predicted molar refractivity (Wildman–Crippen MR) is 97.1 cm³/mol. The summed E-state index contributed by atoms with van der Waals surface area (Å²) in [6.07, 6.45) is 2.17.